The van der Waals surface area contributed by atoms with Crippen molar-refractivity contribution in [2.24, 2.45) is 11.7 Å². The summed E-state index contributed by atoms with van der Waals surface area (Å²) in [7, 11) is 0. The van der Waals surface area contributed by atoms with Crippen LogP contribution in [0.15, 0.2) is 36.0 Å². The van der Waals surface area contributed by atoms with E-state index < -0.39 is 12.1 Å². The molecule has 7 nitrogen and oxygen atoms in total. The molecule has 0 bridgehead atoms. The molecule has 0 saturated carbocycles. The van der Waals surface area contributed by atoms with Crippen LogP contribution in [0.2, 0.25) is 0 Å². The van der Waals surface area contributed by atoms with E-state index in [0.29, 0.717) is 11.4 Å². The number of ether oxygens (including phenoxy) is 1. The van der Waals surface area contributed by atoms with Crippen LogP contribution in [0.4, 0.5) is 16.2 Å². The largest absolute Gasteiger partial charge is 0.444 e. The number of nitrogens with two attached hydrogens (primary N) is 1. The summed E-state index contributed by atoms with van der Waals surface area (Å²) in [5.74, 6) is -0.233. The first-order chi connectivity index (χ1) is 11.5. The average molecular weight is 348 g/mol. The Morgan fingerprint density at radius 1 is 1.29 bits per heavy atom. The van der Waals surface area contributed by atoms with Crippen LogP contribution in [-0.4, -0.2) is 23.0 Å². The van der Waals surface area contributed by atoms with E-state index in [4.69, 9.17) is 10.5 Å². The number of carbonyl (C=O) groups is 2. The lowest BCUT2D eigenvalue weighted by atomic mass is 10.0. The van der Waals surface area contributed by atoms with Gasteiger partial charge in [0.15, 0.2) is 0 Å². The zero-order valence-corrected chi connectivity index (χ0v) is 14.3. The molecule has 0 aliphatic heterocycles. The molecule has 24 heavy (non-hydrogen) atoms. The second-order valence-electron chi connectivity index (χ2n) is 5.51. The molecule has 2 rings (SSSR count). The van der Waals surface area contributed by atoms with E-state index in [-0.39, 0.29) is 18.4 Å². The zero-order chi connectivity index (χ0) is 17.5. The van der Waals surface area contributed by atoms with Crippen LogP contribution in [0.1, 0.15) is 18.7 Å². The number of thiazole rings is 1. The maximum Gasteiger partial charge on any atom is 0.411 e. The number of hydrogen-bond donors (Lipinski definition) is 3. The second-order valence-corrected chi connectivity index (χ2v) is 6.48. The Labute approximate surface area is 144 Å². The summed E-state index contributed by atoms with van der Waals surface area (Å²) in [6.07, 6.45) is 1.07. The van der Waals surface area contributed by atoms with Gasteiger partial charge in [-0.25, -0.2) is 4.79 Å². The molecule has 0 aliphatic carbocycles. The normalized spacial score (nSPS) is 11.8. The minimum atomic E-state index is -0.592. The molecule has 0 fully saturated rings. The minimum Gasteiger partial charge on any atom is -0.444 e. The third-order valence-corrected chi connectivity index (χ3v) is 3.98. The van der Waals surface area contributed by atoms with E-state index in [9.17, 15) is 9.59 Å². The highest BCUT2D eigenvalue weighted by Gasteiger charge is 2.17. The average Bonchev–Trinajstić information content (AvgIpc) is 3.05. The number of benzene rings is 1. The monoisotopic (exact) mass is 348 g/mol. The highest BCUT2D eigenvalue weighted by molar-refractivity contribution is 7.09. The molecule has 0 spiro atoms. The fourth-order valence-corrected chi connectivity index (χ4v) is 2.31. The fourth-order valence-electron chi connectivity index (χ4n) is 1.81. The third-order valence-electron chi connectivity index (χ3n) is 3.23. The standard InChI is InChI=1S/C16H20N4O3S/c1-10(2)14(17)15(21)19-11-4-3-5-12(6-11)20-16(22)23-8-13-7-18-9-24-13/h3-7,9-10,14H,8,17H2,1-2H3,(H,19,21)(H,20,22)/t14-/m0/s1. The first-order valence-electron chi connectivity index (χ1n) is 7.43. The Hall–Kier alpha value is -2.45. The van der Waals surface area contributed by atoms with Gasteiger partial charge in [0, 0.05) is 17.6 Å². The molecule has 1 aromatic heterocycles. The minimum absolute atomic E-state index is 0.0352. The van der Waals surface area contributed by atoms with Crippen molar-refractivity contribution >= 4 is 34.7 Å². The predicted octanol–water partition coefficient (Wildman–Crippen LogP) is 2.81. The van der Waals surface area contributed by atoms with Gasteiger partial charge in [-0.05, 0) is 24.1 Å². The predicted molar refractivity (Wildman–Crippen MR) is 93.8 cm³/mol. The van der Waals surface area contributed by atoms with Gasteiger partial charge >= 0.3 is 6.09 Å². The lowest BCUT2D eigenvalue weighted by Crippen LogP contribution is -2.39. The van der Waals surface area contributed by atoms with Crippen molar-refractivity contribution in [2.75, 3.05) is 10.6 Å². The smallest absolute Gasteiger partial charge is 0.411 e. The SMILES string of the molecule is CC(C)[C@H](N)C(=O)Nc1cccc(NC(=O)OCc2cncs2)c1. The molecule has 4 N–H and O–H groups in total. The third kappa shape index (κ3) is 5.32. The summed E-state index contributed by atoms with van der Waals surface area (Å²) in [5.41, 5.74) is 8.54. The summed E-state index contributed by atoms with van der Waals surface area (Å²) in [4.78, 5) is 28.5. The van der Waals surface area contributed by atoms with Crippen molar-refractivity contribution in [3.8, 4) is 0 Å². The van der Waals surface area contributed by atoms with Crippen LogP contribution in [0.3, 0.4) is 0 Å². The van der Waals surface area contributed by atoms with Crippen molar-refractivity contribution in [1.29, 1.82) is 0 Å². The number of carbonyl (C=O) groups excluding carboxylic acids is 2. The molecule has 0 radical (unpaired) electrons. The van der Waals surface area contributed by atoms with Crippen molar-refractivity contribution < 1.29 is 14.3 Å². The first kappa shape index (κ1) is 17.9. The lowest BCUT2D eigenvalue weighted by Gasteiger charge is -2.15. The van der Waals surface area contributed by atoms with Gasteiger partial charge in [-0.15, -0.1) is 11.3 Å². The van der Waals surface area contributed by atoms with E-state index in [0.717, 1.165) is 4.88 Å². The van der Waals surface area contributed by atoms with Crippen LogP contribution < -0.4 is 16.4 Å². The van der Waals surface area contributed by atoms with E-state index in [1.54, 1.807) is 36.0 Å². The fraction of sp³-hybridized carbons (Fsp3) is 0.312. The lowest BCUT2D eigenvalue weighted by molar-refractivity contribution is -0.118. The summed E-state index contributed by atoms with van der Waals surface area (Å²) in [5, 5.41) is 5.34. The Balaban J connectivity index is 1.90. The number of nitrogens with one attached hydrogen (secondary N) is 2. The van der Waals surface area contributed by atoms with Gasteiger partial charge in [0.2, 0.25) is 5.91 Å². The Kier molecular flexibility index (Phi) is 6.28. The topological polar surface area (TPSA) is 106 Å². The summed E-state index contributed by atoms with van der Waals surface area (Å²) < 4.78 is 5.09. The molecule has 0 aliphatic rings. The van der Waals surface area contributed by atoms with E-state index in [1.165, 1.54) is 11.3 Å². The first-order valence-corrected chi connectivity index (χ1v) is 8.31. The summed E-state index contributed by atoms with van der Waals surface area (Å²) in [6, 6.07) is 6.19. The maximum atomic E-state index is 12.0. The highest BCUT2D eigenvalue weighted by atomic mass is 32.1. The highest BCUT2D eigenvalue weighted by Crippen LogP contribution is 2.16. The van der Waals surface area contributed by atoms with Gasteiger partial charge in [0.05, 0.1) is 16.4 Å². The Bertz CT molecular complexity index is 688. The molecule has 0 saturated heterocycles. The molecule has 8 heteroatoms. The van der Waals surface area contributed by atoms with Gasteiger partial charge < -0.3 is 15.8 Å². The van der Waals surface area contributed by atoms with Crippen molar-refractivity contribution in [2.45, 2.75) is 26.5 Å². The van der Waals surface area contributed by atoms with Crippen LogP contribution in [0.5, 0.6) is 0 Å². The zero-order valence-electron chi connectivity index (χ0n) is 13.5. The Morgan fingerprint density at radius 2 is 2.00 bits per heavy atom. The van der Waals surface area contributed by atoms with E-state index in [2.05, 4.69) is 15.6 Å². The number of nitrogens with zero attached hydrogens (tertiary/aromatic N) is 1. The number of amides is 2. The van der Waals surface area contributed by atoms with Crippen molar-refractivity contribution in [3.05, 3.63) is 40.8 Å². The van der Waals surface area contributed by atoms with Crippen LogP contribution in [0.25, 0.3) is 0 Å². The molecule has 1 heterocycles. The van der Waals surface area contributed by atoms with Gasteiger partial charge in [0.25, 0.3) is 0 Å². The maximum absolute atomic E-state index is 12.0. The van der Waals surface area contributed by atoms with Crippen LogP contribution in [0, 0.1) is 5.92 Å². The molecule has 2 aromatic rings. The van der Waals surface area contributed by atoms with E-state index in [1.807, 2.05) is 13.8 Å². The second kappa shape index (κ2) is 8.42. The molecule has 1 atom stereocenters. The number of anilines is 2. The van der Waals surface area contributed by atoms with Crippen LogP contribution >= 0.6 is 11.3 Å². The van der Waals surface area contributed by atoms with Gasteiger partial charge in [0.1, 0.15) is 6.61 Å². The molecule has 128 valence electrons. The molecule has 2 amide bonds. The Morgan fingerprint density at radius 3 is 2.62 bits per heavy atom. The molecular weight excluding hydrogens is 328 g/mol. The van der Waals surface area contributed by atoms with Crippen molar-refractivity contribution in [3.63, 3.8) is 0 Å². The van der Waals surface area contributed by atoms with Gasteiger partial charge in [-0.2, -0.15) is 0 Å². The van der Waals surface area contributed by atoms with Crippen molar-refractivity contribution in [1.82, 2.24) is 4.98 Å². The van der Waals surface area contributed by atoms with Crippen LogP contribution in [-0.2, 0) is 16.1 Å². The molecule has 1 aromatic carbocycles. The van der Waals surface area contributed by atoms with Gasteiger partial charge in [-0.1, -0.05) is 19.9 Å². The molecule has 0 unspecified atom stereocenters. The summed E-state index contributed by atoms with van der Waals surface area (Å²) in [6.45, 7) is 3.92. The number of rotatable bonds is 6. The number of aromatic nitrogens is 1. The quantitative estimate of drug-likeness (QED) is 0.744. The number of hydrogen-bond acceptors (Lipinski definition) is 6. The summed E-state index contributed by atoms with van der Waals surface area (Å²) >= 11 is 1.41. The molecular formula is C16H20N4O3S. The van der Waals surface area contributed by atoms with Gasteiger partial charge in [-0.3, -0.25) is 15.1 Å². The van der Waals surface area contributed by atoms with E-state index >= 15 is 0 Å².